The van der Waals surface area contributed by atoms with Crippen LogP contribution < -0.4 is 5.73 Å². The maximum absolute atomic E-state index is 12.0. The molecule has 1 unspecified atom stereocenters. The zero-order valence-corrected chi connectivity index (χ0v) is 6.58. The van der Waals surface area contributed by atoms with E-state index in [1.807, 2.05) is 15.9 Å². The maximum Gasteiger partial charge on any atom is 0.396 e. The highest BCUT2D eigenvalue weighted by molar-refractivity contribution is 9.09. The average Bonchev–Trinajstić information content (AvgIpc) is 1.84. The molecule has 2 N–H and O–H groups in total. The summed E-state index contributed by atoms with van der Waals surface area (Å²) in [6.45, 7) is -0.422. The molecule has 0 amide bonds. The fourth-order valence-corrected chi connectivity index (χ4v) is 0.390. The monoisotopic (exact) mass is 221 g/mol. The molecule has 0 heterocycles. The van der Waals surface area contributed by atoms with Crippen LogP contribution in [0, 0.1) is 0 Å². The molecule has 10 heavy (non-hydrogen) atoms. The maximum atomic E-state index is 12.0. The van der Waals surface area contributed by atoms with Crippen molar-refractivity contribution in [2.75, 3.05) is 13.2 Å². The van der Waals surface area contributed by atoms with Crippen molar-refractivity contribution in [3.63, 3.8) is 0 Å². The molecule has 6 heteroatoms. The van der Waals surface area contributed by atoms with Gasteiger partial charge in [-0.05, 0) is 15.9 Å². The first-order chi connectivity index (χ1) is 4.50. The summed E-state index contributed by atoms with van der Waals surface area (Å²) >= 11 is 2.04. The number of rotatable bonds is 4. The molecule has 0 saturated carbocycles. The van der Waals surface area contributed by atoms with Crippen LogP contribution >= 0.6 is 15.9 Å². The minimum Gasteiger partial charge on any atom is -0.328 e. The van der Waals surface area contributed by atoms with E-state index in [1.54, 1.807) is 0 Å². The molecule has 0 bridgehead atoms. The molecule has 2 nitrogen and oxygen atoms in total. The second-order valence-corrected chi connectivity index (χ2v) is 2.30. The van der Waals surface area contributed by atoms with Gasteiger partial charge in [0.25, 0.3) is 0 Å². The van der Waals surface area contributed by atoms with Crippen molar-refractivity contribution in [3.8, 4) is 0 Å². The van der Waals surface area contributed by atoms with Gasteiger partial charge in [-0.15, -0.1) is 0 Å². The van der Waals surface area contributed by atoms with Gasteiger partial charge in [-0.25, -0.2) is 4.39 Å². The standard InChI is InChI=1S/C4H7BrF3NO/c5-3(6)4(7,8)10-2-1-9/h3H,1-2,9H2. The second-order valence-electron chi connectivity index (χ2n) is 1.50. The minimum absolute atomic E-state index is 0.0602. The second kappa shape index (κ2) is 4.15. The Kier molecular flexibility index (Phi) is 4.23. The van der Waals surface area contributed by atoms with Gasteiger partial charge in [0.2, 0.25) is 5.08 Å². The van der Waals surface area contributed by atoms with Crippen molar-refractivity contribution >= 4 is 15.9 Å². The molecule has 0 aromatic heterocycles. The van der Waals surface area contributed by atoms with Crippen LogP contribution in [-0.2, 0) is 4.74 Å². The Balaban J connectivity index is 3.63. The predicted octanol–water partition coefficient (Wildman–Crippen LogP) is 1.24. The zero-order valence-electron chi connectivity index (χ0n) is 4.99. The summed E-state index contributed by atoms with van der Waals surface area (Å²) in [7, 11) is 0. The molecule has 0 radical (unpaired) electrons. The van der Waals surface area contributed by atoms with Gasteiger partial charge in [0.15, 0.2) is 0 Å². The molecule has 0 aliphatic heterocycles. The third-order valence-corrected chi connectivity index (χ3v) is 1.20. The third kappa shape index (κ3) is 3.38. The number of ether oxygens (including phenoxy) is 1. The molecular formula is C4H7BrF3NO. The Bertz CT molecular complexity index is 101. The molecule has 0 fully saturated rings. The smallest absolute Gasteiger partial charge is 0.328 e. The van der Waals surface area contributed by atoms with Crippen molar-refractivity contribution in [2.45, 2.75) is 11.2 Å². The summed E-state index contributed by atoms with van der Waals surface area (Å²) in [4.78, 5) is 0. The largest absolute Gasteiger partial charge is 0.396 e. The van der Waals surface area contributed by atoms with Crippen molar-refractivity contribution in [1.29, 1.82) is 0 Å². The Morgan fingerprint density at radius 2 is 2.10 bits per heavy atom. The first kappa shape index (κ1) is 10.2. The number of hydrogen-bond donors (Lipinski definition) is 1. The van der Waals surface area contributed by atoms with E-state index in [2.05, 4.69) is 4.74 Å². The van der Waals surface area contributed by atoms with E-state index in [0.717, 1.165) is 0 Å². The number of halogens is 4. The highest BCUT2D eigenvalue weighted by atomic mass is 79.9. The van der Waals surface area contributed by atoms with Gasteiger partial charge in [-0.2, -0.15) is 8.78 Å². The summed E-state index contributed by atoms with van der Waals surface area (Å²) in [6, 6.07) is 0. The third-order valence-electron chi connectivity index (χ3n) is 0.666. The summed E-state index contributed by atoms with van der Waals surface area (Å²) in [5.41, 5.74) is 4.84. The van der Waals surface area contributed by atoms with Gasteiger partial charge in [-0.3, -0.25) is 0 Å². The molecule has 0 saturated heterocycles. The van der Waals surface area contributed by atoms with Crippen LogP contribution in [-0.4, -0.2) is 24.3 Å². The summed E-state index contributed by atoms with van der Waals surface area (Å²) in [5, 5.41) is -2.48. The normalized spacial score (nSPS) is 15.3. The Morgan fingerprint density at radius 1 is 1.60 bits per heavy atom. The molecule has 1 atom stereocenters. The quantitative estimate of drug-likeness (QED) is 0.726. The van der Waals surface area contributed by atoms with E-state index in [4.69, 9.17) is 5.73 Å². The Labute approximate surface area is 64.7 Å². The van der Waals surface area contributed by atoms with Crippen LogP contribution in [0.25, 0.3) is 0 Å². The fraction of sp³-hybridized carbons (Fsp3) is 1.00. The van der Waals surface area contributed by atoms with Crippen molar-refractivity contribution in [2.24, 2.45) is 5.73 Å². The highest BCUT2D eigenvalue weighted by Crippen LogP contribution is 2.26. The number of nitrogens with two attached hydrogens (primary N) is 1. The summed E-state index contributed by atoms with van der Waals surface area (Å²) < 4.78 is 39.6. The van der Waals surface area contributed by atoms with E-state index in [1.165, 1.54) is 0 Å². The number of hydrogen-bond acceptors (Lipinski definition) is 2. The van der Waals surface area contributed by atoms with Gasteiger partial charge in [0.05, 0.1) is 6.61 Å². The lowest BCUT2D eigenvalue weighted by atomic mass is 10.6. The van der Waals surface area contributed by atoms with Crippen LogP contribution in [0.15, 0.2) is 0 Å². The van der Waals surface area contributed by atoms with Gasteiger partial charge in [0, 0.05) is 6.54 Å². The van der Waals surface area contributed by atoms with E-state index in [-0.39, 0.29) is 13.2 Å². The predicted molar refractivity (Wildman–Crippen MR) is 33.8 cm³/mol. The van der Waals surface area contributed by atoms with Crippen LogP contribution in [0.2, 0.25) is 0 Å². The summed E-state index contributed by atoms with van der Waals surface area (Å²) in [5.74, 6) is 0. The van der Waals surface area contributed by atoms with Gasteiger partial charge >= 0.3 is 6.11 Å². The van der Waals surface area contributed by atoms with E-state index >= 15 is 0 Å². The zero-order chi connectivity index (χ0) is 8.20. The van der Waals surface area contributed by atoms with E-state index in [9.17, 15) is 13.2 Å². The lowest BCUT2D eigenvalue weighted by Crippen LogP contribution is -2.31. The average molecular weight is 222 g/mol. The Hall–Kier alpha value is 0.190. The van der Waals surface area contributed by atoms with Gasteiger partial charge in [0.1, 0.15) is 0 Å². The van der Waals surface area contributed by atoms with Crippen LogP contribution in [0.5, 0.6) is 0 Å². The molecule has 0 aromatic carbocycles. The van der Waals surface area contributed by atoms with E-state index in [0.29, 0.717) is 0 Å². The van der Waals surface area contributed by atoms with Crippen molar-refractivity contribution < 1.29 is 17.9 Å². The molecule has 0 spiro atoms. The lowest BCUT2D eigenvalue weighted by Gasteiger charge is -2.15. The SMILES string of the molecule is NCCOC(F)(F)C(F)Br. The van der Waals surface area contributed by atoms with Crippen molar-refractivity contribution in [1.82, 2.24) is 0 Å². The van der Waals surface area contributed by atoms with E-state index < -0.39 is 11.2 Å². The lowest BCUT2D eigenvalue weighted by molar-refractivity contribution is -0.251. The first-order valence-electron chi connectivity index (χ1n) is 2.50. The van der Waals surface area contributed by atoms with Crippen LogP contribution in [0.4, 0.5) is 13.2 Å². The Morgan fingerprint density at radius 3 is 2.40 bits per heavy atom. The highest BCUT2D eigenvalue weighted by Gasteiger charge is 2.39. The molecule has 0 aromatic rings. The molecule has 0 rings (SSSR count). The molecule has 0 aliphatic carbocycles. The minimum atomic E-state index is -3.78. The molecular weight excluding hydrogens is 215 g/mol. The number of alkyl halides is 4. The van der Waals surface area contributed by atoms with Gasteiger partial charge in [-0.1, -0.05) is 0 Å². The van der Waals surface area contributed by atoms with Crippen molar-refractivity contribution in [3.05, 3.63) is 0 Å². The van der Waals surface area contributed by atoms with Crippen LogP contribution in [0.1, 0.15) is 0 Å². The first-order valence-corrected chi connectivity index (χ1v) is 3.42. The van der Waals surface area contributed by atoms with Crippen LogP contribution in [0.3, 0.4) is 0 Å². The topological polar surface area (TPSA) is 35.2 Å². The summed E-state index contributed by atoms with van der Waals surface area (Å²) in [6.07, 6.45) is -3.78. The molecule has 0 aliphatic rings. The van der Waals surface area contributed by atoms with Gasteiger partial charge < -0.3 is 10.5 Å². The molecule has 62 valence electrons. The fourth-order valence-electron chi connectivity index (χ4n) is 0.258.